The van der Waals surface area contributed by atoms with Crippen LogP contribution in [0.25, 0.3) is 16.9 Å². The van der Waals surface area contributed by atoms with Crippen LogP contribution in [0.5, 0.6) is 5.75 Å². The van der Waals surface area contributed by atoms with Gasteiger partial charge in [-0.15, -0.1) is 0 Å². The van der Waals surface area contributed by atoms with Crippen molar-refractivity contribution in [2.45, 2.75) is 20.0 Å². The molecule has 1 aliphatic rings. The van der Waals surface area contributed by atoms with Gasteiger partial charge in [-0.2, -0.15) is 0 Å². The Morgan fingerprint density at radius 3 is 2.80 bits per heavy atom. The summed E-state index contributed by atoms with van der Waals surface area (Å²) in [6.07, 6.45) is 0.307. The molecule has 25 heavy (non-hydrogen) atoms. The highest BCUT2D eigenvalue weighted by atomic mass is 16.5. The number of ether oxygens (including phenoxy) is 1. The van der Waals surface area contributed by atoms with Gasteiger partial charge in [0.2, 0.25) is 0 Å². The van der Waals surface area contributed by atoms with Gasteiger partial charge in [0.1, 0.15) is 22.8 Å². The van der Waals surface area contributed by atoms with Crippen LogP contribution in [0.4, 0.5) is 5.69 Å². The van der Waals surface area contributed by atoms with Gasteiger partial charge in [-0.05, 0) is 44.2 Å². The van der Waals surface area contributed by atoms with Gasteiger partial charge in [-0.25, -0.2) is 4.98 Å². The van der Waals surface area contributed by atoms with Crippen molar-refractivity contribution in [3.8, 4) is 17.0 Å². The first kappa shape index (κ1) is 15.4. The quantitative estimate of drug-likeness (QED) is 0.676. The number of carbonyl (C=O) groups excluding carboxylic acids is 2. The lowest BCUT2D eigenvalue weighted by Gasteiger charge is -2.30. The molecule has 4 rings (SSSR count). The minimum atomic E-state index is -0.508. The molecule has 0 fully saturated rings. The Bertz CT molecular complexity index is 1020. The normalized spacial score (nSPS) is 16.7. The van der Waals surface area contributed by atoms with E-state index in [1.165, 1.54) is 0 Å². The SMILES string of the molecule is Cc1cccc2nc(-c3ccc4c(c3)N(C)C(=O)C(C)O4)c(C=O)n12. The highest BCUT2D eigenvalue weighted by Gasteiger charge is 2.29. The minimum absolute atomic E-state index is 0.105. The van der Waals surface area contributed by atoms with Crippen molar-refractivity contribution >= 4 is 23.5 Å². The number of likely N-dealkylation sites (N-methyl/N-ethyl adjacent to an activating group) is 1. The van der Waals surface area contributed by atoms with E-state index in [0.717, 1.165) is 17.5 Å². The Labute approximate surface area is 144 Å². The second-order valence-corrected chi connectivity index (χ2v) is 6.16. The minimum Gasteiger partial charge on any atom is -0.479 e. The summed E-state index contributed by atoms with van der Waals surface area (Å²) in [7, 11) is 1.72. The van der Waals surface area contributed by atoms with Crippen molar-refractivity contribution in [3.05, 3.63) is 47.8 Å². The van der Waals surface area contributed by atoms with Crippen LogP contribution >= 0.6 is 0 Å². The number of pyridine rings is 1. The average molecular weight is 335 g/mol. The molecule has 1 aromatic carbocycles. The number of aromatic nitrogens is 2. The Balaban J connectivity index is 1.92. The maximum Gasteiger partial charge on any atom is 0.267 e. The van der Waals surface area contributed by atoms with E-state index < -0.39 is 6.10 Å². The van der Waals surface area contributed by atoms with E-state index in [2.05, 4.69) is 4.98 Å². The third-order valence-corrected chi connectivity index (χ3v) is 4.56. The fourth-order valence-corrected chi connectivity index (χ4v) is 3.26. The molecule has 3 heterocycles. The molecule has 1 aliphatic heterocycles. The second-order valence-electron chi connectivity index (χ2n) is 6.16. The molecule has 1 unspecified atom stereocenters. The van der Waals surface area contributed by atoms with Gasteiger partial charge in [0.05, 0.1) is 5.69 Å². The molecule has 0 saturated carbocycles. The van der Waals surface area contributed by atoms with Gasteiger partial charge >= 0.3 is 0 Å². The zero-order chi connectivity index (χ0) is 17.7. The summed E-state index contributed by atoms with van der Waals surface area (Å²) < 4.78 is 7.48. The van der Waals surface area contributed by atoms with E-state index >= 15 is 0 Å². The lowest BCUT2D eigenvalue weighted by molar-refractivity contribution is -0.125. The van der Waals surface area contributed by atoms with Gasteiger partial charge in [-0.3, -0.25) is 14.0 Å². The highest BCUT2D eigenvalue weighted by molar-refractivity contribution is 6.00. The second kappa shape index (κ2) is 5.44. The van der Waals surface area contributed by atoms with Crippen molar-refractivity contribution in [2.24, 2.45) is 0 Å². The Morgan fingerprint density at radius 2 is 2.04 bits per heavy atom. The molecule has 1 atom stereocenters. The van der Waals surface area contributed by atoms with Crippen LogP contribution in [0, 0.1) is 6.92 Å². The molecule has 0 N–H and O–H groups in total. The number of carbonyl (C=O) groups is 2. The predicted molar refractivity (Wildman–Crippen MR) is 94.3 cm³/mol. The summed E-state index contributed by atoms with van der Waals surface area (Å²) in [4.78, 5) is 30.1. The zero-order valence-electron chi connectivity index (χ0n) is 14.2. The standard InChI is InChI=1S/C19H17N3O3/c1-11-5-4-6-17-20-18(15(10-23)22(11)17)13-7-8-16-14(9-13)21(3)19(24)12(2)25-16/h4-10,12H,1-3H3. The largest absolute Gasteiger partial charge is 0.479 e. The third-order valence-electron chi connectivity index (χ3n) is 4.56. The smallest absolute Gasteiger partial charge is 0.267 e. The summed E-state index contributed by atoms with van der Waals surface area (Å²) in [5, 5.41) is 0. The van der Waals surface area contributed by atoms with Crippen molar-refractivity contribution < 1.29 is 14.3 Å². The van der Waals surface area contributed by atoms with Crippen LogP contribution in [-0.4, -0.2) is 34.7 Å². The molecule has 0 bridgehead atoms. The van der Waals surface area contributed by atoms with E-state index in [-0.39, 0.29) is 5.91 Å². The topological polar surface area (TPSA) is 63.9 Å². The van der Waals surface area contributed by atoms with Crippen molar-refractivity contribution in [1.82, 2.24) is 9.38 Å². The van der Waals surface area contributed by atoms with Gasteiger partial charge in [-0.1, -0.05) is 6.07 Å². The predicted octanol–water partition coefficient (Wildman–Crippen LogP) is 2.87. The van der Waals surface area contributed by atoms with E-state index in [9.17, 15) is 9.59 Å². The van der Waals surface area contributed by atoms with Crippen LogP contribution in [0.3, 0.4) is 0 Å². The number of hydrogen-bond donors (Lipinski definition) is 0. The number of fused-ring (bicyclic) bond motifs is 2. The number of imidazole rings is 1. The van der Waals surface area contributed by atoms with Gasteiger partial charge < -0.3 is 9.64 Å². The number of amides is 1. The molecular formula is C19H17N3O3. The van der Waals surface area contributed by atoms with Crippen molar-refractivity contribution in [1.29, 1.82) is 0 Å². The first-order chi connectivity index (χ1) is 12.0. The molecule has 0 aliphatic carbocycles. The summed E-state index contributed by atoms with van der Waals surface area (Å²) in [5.41, 5.74) is 4.16. The zero-order valence-corrected chi connectivity index (χ0v) is 14.2. The first-order valence-electron chi connectivity index (χ1n) is 8.03. The summed E-state index contributed by atoms with van der Waals surface area (Å²) in [6, 6.07) is 11.2. The molecule has 126 valence electrons. The fourth-order valence-electron chi connectivity index (χ4n) is 3.26. The monoisotopic (exact) mass is 335 g/mol. The summed E-state index contributed by atoms with van der Waals surface area (Å²) >= 11 is 0. The van der Waals surface area contributed by atoms with E-state index in [0.29, 0.717) is 28.5 Å². The lowest BCUT2D eigenvalue weighted by atomic mass is 10.1. The molecule has 0 saturated heterocycles. The third kappa shape index (κ3) is 2.21. The summed E-state index contributed by atoms with van der Waals surface area (Å²) in [5.74, 6) is 0.539. The Hall–Kier alpha value is -3.15. The fraction of sp³-hybridized carbons (Fsp3) is 0.211. The molecule has 6 heteroatoms. The number of nitrogens with zero attached hydrogens (tertiary/aromatic N) is 3. The molecule has 0 radical (unpaired) electrons. The van der Waals surface area contributed by atoms with Crippen LogP contribution in [0.2, 0.25) is 0 Å². The first-order valence-corrected chi connectivity index (χ1v) is 8.03. The number of aldehydes is 1. The van der Waals surface area contributed by atoms with E-state index in [4.69, 9.17) is 4.74 Å². The average Bonchev–Trinajstić information content (AvgIpc) is 2.99. The van der Waals surface area contributed by atoms with Crippen LogP contribution in [0.15, 0.2) is 36.4 Å². The molecular weight excluding hydrogens is 318 g/mol. The molecule has 3 aromatic rings. The van der Waals surface area contributed by atoms with E-state index in [1.54, 1.807) is 18.9 Å². The lowest BCUT2D eigenvalue weighted by Crippen LogP contribution is -2.41. The summed E-state index contributed by atoms with van der Waals surface area (Å²) in [6.45, 7) is 3.66. The molecule has 2 aromatic heterocycles. The van der Waals surface area contributed by atoms with Crippen molar-refractivity contribution in [2.75, 3.05) is 11.9 Å². The number of hydrogen-bond acceptors (Lipinski definition) is 4. The van der Waals surface area contributed by atoms with Crippen LogP contribution in [-0.2, 0) is 4.79 Å². The van der Waals surface area contributed by atoms with Gasteiger partial charge in [0.15, 0.2) is 12.4 Å². The molecule has 0 spiro atoms. The Morgan fingerprint density at radius 1 is 1.24 bits per heavy atom. The Kier molecular flexibility index (Phi) is 3.35. The number of anilines is 1. The van der Waals surface area contributed by atoms with Crippen molar-refractivity contribution in [3.63, 3.8) is 0 Å². The molecule has 1 amide bonds. The van der Waals surface area contributed by atoms with Crippen LogP contribution < -0.4 is 9.64 Å². The maximum absolute atomic E-state index is 12.2. The van der Waals surface area contributed by atoms with Crippen LogP contribution in [0.1, 0.15) is 23.1 Å². The van der Waals surface area contributed by atoms with Gasteiger partial charge in [0.25, 0.3) is 5.91 Å². The number of benzene rings is 1. The number of aryl methyl sites for hydroxylation is 1. The highest BCUT2D eigenvalue weighted by Crippen LogP contribution is 2.37. The number of rotatable bonds is 2. The molecule has 6 nitrogen and oxygen atoms in total. The van der Waals surface area contributed by atoms with E-state index in [1.807, 2.05) is 47.7 Å². The maximum atomic E-state index is 12.2. The van der Waals surface area contributed by atoms with Gasteiger partial charge in [0, 0.05) is 18.3 Å².